The molecule has 0 aromatic carbocycles. The second-order valence-corrected chi connectivity index (χ2v) is 5.83. The summed E-state index contributed by atoms with van der Waals surface area (Å²) in [6.45, 7) is 5.10. The quantitative estimate of drug-likeness (QED) is 0.849. The molecule has 1 heterocycles. The zero-order valence-corrected chi connectivity index (χ0v) is 12.9. The summed E-state index contributed by atoms with van der Waals surface area (Å²) in [4.78, 5) is 9.02. The molecule has 1 fully saturated rings. The van der Waals surface area contributed by atoms with Gasteiger partial charge in [0.1, 0.15) is 5.82 Å². The van der Waals surface area contributed by atoms with E-state index < -0.39 is 0 Å². The van der Waals surface area contributed by atoms with E-state index in [-0.39, 0.29) is 0 Å². The molecule has 0 bridgehead atoms. The van der Waals surface area contributed by atoms with Gasteiger partial charge in [-0.2, -0.15) is 4.98 Å². The predicted molar refractivity (Wildman–Crippen MR) is 85.3 cm³/mol. The lowest BCUT2D eigenvalue weighted by Gasteiger charge is -2.22. The van der Waals surface area contributed by atoms with Gasteiger partial charge in [-0.3, -0.25) is 0 Å². The Morgan fingerprint density at radius 2 is 1.80 bits per heavy atom. The molecule has 0 spiro atoms. The Balaban J connectivity index is 1.97. The molecule has 1 aliphatic rings. The van der Waals surface area contributed by atoms with Crippen LogP contribution in [-0.4, -0.2) is 22.6 Å². The Kier molecular flexibility index (Phi) is 6.09. The summed E-state index contributed by atoms with van der Waals surface area (Å²) in [7, 11) is 0. The number of nitrogens with one attached hydrogen (secondary N) is 2. The number of rotatable bonds is 5. The van der Waals surface area contributed by atoms with E-state index in [2.05, 4.69) is 33.6 Å². The smallest absolute Gasteiger partial charge is 0.224 e. The highest BCUT2D eigenvalue weighted by molar-refractivity contribution is 5.42. The molecule has 20 heavy (non-hydrogen) atoms. The van der Waals surface area contributed by atoms with Gasteiger partial charge in [-0.1, -0.05) is 39.0 Å². The lowest BCUT2D eigenvalue weighted by atomic mass is 9.97. The maximum absolute atomic E-state index is 4.59. The zero-order chi connectivity index (χ0) is 14.2. The maximum atomic E-state index is 4.59. The van der Waals surface area contributed by atoms with E-state index in [1.54, 1.807) is 0 Å². The van der Waals surface area contributed by atoms with Crippen molar-refractivity contribution in [3.8, 4) is 0 Å². The first kappa shape index (κ1) is 15.1. The van der Waals surface area contributed by atoms with E-state index in [1.807, 2.05) is 6.92 Å². The maximum Gasteiger partial charge on any atom is 0.224 e. The molecule has 1 aliphatic carbocycles. The fourth-order valence-electron chi connectivity index (χ4n) is 2.77. The lowest BCUT2D eigenvalue weighted by molar-refractivity contribution is 0.470. The van der Waals surface area contributed by atoms with Crippen LogP contribution in [0.25, 0.3) is 0 Å². The molecule has 0 atom stereocenters. The van der Waals surface area contributed by atoms with Crippen LogP contribution in [-0.2, 0) is 0 Å². The first-order valence-corrected chi connectivity index (χ1v) is 8.14. The van der Waals surface area contributed by atoms with Gasteiger partial charge in [0.2, 0.25) is 5.95 Å². The normalized spacial score (nSPS) is 17.3. The molecule has 1 saturated carbocycles. The van der Waals surface area contributed by atoms with Crippen molar-refractivity contribution in [2.75, 3.05) is 17.2 Å². The summed E-state index contributed by atoms with van der Waals surface area (Å²) in [6, 6.07) is 2.62. The molecule has 2 N–H and O–H groups in total. The van der Waals surface area contributed by atoms with Crippen molar-refractivity contribution in [1.82, 2.24) is 9.97 Å². The van der Waals surface area contributed by atoms with Crippen molar-refractivity contribution in [2.45, 2.75) is 71.3 Å². The molecule has 1 aromatic heterocycles. The standard InChI is InChI=1S/C16H28N4/c1-3-11-17-16-18-13(2)12-15(20-16)19-14-9-7-5-4-6-8-10-14/h12,14H,3-11H2,1-2H3,(H2,17,18,19,20). The van der Waals surface area contributed by atoms with Gasteiger partial charge < -0.3 is 10.6 Å². The third-order valence-electron chi connectivity index (χ3n) is 3.84. The highest BCUT2D eigenvalue weighted by atomic mass is 15.1. The van der Waals surface area contributed by atoms with Crippen molar-refractivity contribution >= 4 is 11.8 Å². The van der Waals surface area contributed by atoms with Gasteiger partial charge in [0.05, 0.1) is 0 Å². The number of aryl methyl sites for hydroxylation is 1. The molecule has 112 valence electrons. The van der Waals surface area contributed by atoms with Crippen LogP contribution in [0.2, 0.25) is 0 Å². The molecule has 2 rings (SSSR count). The topological polar surface area (TPSA) is 49.8 Å². The number of nitrogens with zero attached hydrogens (tertiary/aromatic N) is 2. The van der Waals surface area contributed by atoms with Crippen molar-refractivity contribution in [1.29, 1.82) is 0 Å². The third kappa shape index (κ3) is 4.99. The number of anilines is 2. The predicted octanol–water partition coefficient (Wildman–Crippen LogP) is 4.13. The molecule has 1 aromatic rings. The Hall–Kier alpha value is -1.32. The van der Waals surface area contributed by atoms with E-state index in [0.29, 0.717) is 6.04 Å². The summed E-state index contributed by atoms with van der Waals surface area (Å²) < 4.78 is 0. The highest BCUT2D eigenvalue weighted by Gasteiger charge is 2.12. The van der Waals surface area contributed by atoms with Gasteiger partial charge in [0, 0.05) is 24.3 Å². The zero-order valence-electron chi connectivity index (χ0n) is 12.9. The second-order valence-electron chi connectivity index (χ2n) is 5.83. The van der Waals surface area contributed by atoms with Gasteiger partial charge in [-0.15, -0.1) is 0 Å². The van der Waals surface area contributed by atoms with Crippen LogP contribution in [0.4, 0.5) is 11.8 Å². The van der Waals surface area contributed by atoms with Gasteiger partial charge in [-0.25, -0.2) is 4.98 Å². The minimum Gasteiger partial charge on any atom is -0.367 e. The average Bonchev–Trinajstić information content (AvgIpc) is 2.39. The van der Waals surface area contributed by atoms with E-state index in [0.717, 1.165) is 30.4 Å². The Labute approximate surface area is 122 Å². The summed E-state index contributed by atoms with van der Waals surface area (Å²) >= 11 is 0. The first-order valence-electron chi connectivity index (χ1n) is 8.14. The SMILES string of the molecule is CCCNc1nc(C)cc(NC2CCCCCCC2)n1. The van der Waals surface area contributed by atoms with Crippen molar-refractivity contribution in [3.05, 3.63) is 11.8 Å². The molecule has 0 amide bonds. The molecule has 0 aliphatic heterocycles. The van der Waals surface area contributed by atoms with Crippen LogP contribution in [0.3, 0.4) is 0 Å². The Bertz CT molecular complexity index is 397. The summed E-state index contributed by atoms with van der Waals surface area (Å²) in [5, 5.41) is 6.89. The minimum atomic E-state index is 0.573. The minimum absolute atomic E-state index is 0.573. The largest absolute Gasteiger partial charge is 0.367 e. The van der Waals surface area contributed by atoms with E-state index in [4.69, 9.17) is 0 Å². The van der Waals surface area contributed by atoms with Crippen LogP contribution in [0.15, 0.2) is 6.07 Å². The van der Waals surface area contributed by atoms with Crippen LogP contribution in [0.1, 0.15) is 64.0 Å². The van der Waals surface area contributed by atoms with E-state index in [9.17, 15) is 0 Å². The van der Waals surface area contributed by atoms with Gasteiger partial charge in [0.15, 0.2) is 0 Å². The molecule has 0 saturated heterocycles. The first-order chi connectivity index (χ1) is 9.78. The molecule has 0 unspecified atom stereocenters. The van der Waals surface area contributed by atoms with E-state index in [1.165, 1.54) is 44.9 Å². The molecule has 0 radical (unpaired) electrons. The van der Waals surface area contributed by atoms with Crippen molar-refractivity contribution in [2.24, 2.45) is 0 Å². The average molecular weight is 276 g/mol. The van der Waals surface area contributed by atoms with Gasteiger partial charge in [-0.05, 0) is 26.2 Å². The highest BCUT2D eigenvalue weighted by Crippen LogP contribution is 2.20. The van der Waals surface area contributed by atoms with Crippen LogP contribution in [0, 0.1) is 6.92 Å². The summed E-state index contributed by atoms with van der Waals surface area (Å²) in [5.41, 5.74) is 1.02. The Morgan fingerprint density at radius 1 is 1.10 bits per heavy atom. The fourth-order valence-corrected chi connectivity index (χ4v) is 2.77. The van der Waals surface area contributed by atoms with Crippen molar-refractivity contribution in [3.63, 3.8) is 0 Å². The molecule has 4 nitrogen and oxygen atoms in total. The number of aromatic nitrogens is 2. The molecular formula is C16H28N4. The van der Waals surface area contributed by atoms with Gasteiger partial charge in [0.25, 0.3) is 0 Å². The third-order valence-corrected chi connectivity index (χ3v) is 3.84. The van der Waals surface area contributed by atoms with Crippen LogP contribution in [0.5, 0.6) is 0 Å². The second kappa shape index (κ2) is 8.08. The summed E-state index contributed by atoms with van der Waals surface area (Å²) in [6.07, 6.45) is 10.5. The van der Waals surface area contributed by atoms with Crippen LogP contribution < -0.4 is 10.6 Å². The lowest BCUT2D eigenvalue weighted by Crippen LogP contribution is -2.21. The van der Waals surface area contributed by atoms with E-state index >= 15 is 0 Å². The number of hydrogen-bond acceptors (Lipinski definition) is 4. The van der Waals surface area contributed by atoms with Crippen LogP contribution >= 0.6 is 0 Å². The molecule has 4 heteroatoms. The number of hydrogen-bond donors (Lipinski definition) is 2. The Morgan fingerprint density at radius 3 is 2.50 bits per heavy atom. The molecular weight excluding hydrogens is 248 g/mol. The monoisotopic (exact) mass is 276 g/mol. The fraction of sp³-hybridized carbons (Fsp3) is 0.750. The summed E-state index contributed by atoms with van der Waals surface area (Å²) in [5.74, 6) is 1.72. The van der Waals surface area contributed by atoms with Crippen molar-refractivity contribution < 1.29 is 0 Å². The van der Waals surface area contributed by atoms with Gasteiger partial charge >= 0.3 is 0 Å².